The molecule has 2 aromatic carbocycles. The molecule has 0 radical (unpaired) electrons. The van der Waals surface area contributed by atoms with Crippen molar-refractivity contribution in [3.63, 3.8) is 0 Å². The van der Waals surface area contributed by atoms with E-state index in [1.165, 1.54) is 22.3 Å². The van der Waals surface area contributed by atoms with Gasteiger partial charge in [-0.3, -0.25) is 4.79 Å². The summed E-state index contributed by atoms with van der Waals surface area (Å²) in [6.45, 7) is 0. The second-order valence-corrected chi connectivity index (χ2v) is 5.01. The Bertz CT molecular complexity index is 636. The number of alkyl halides is 1. The molecule has 19 heavy (non-hydrogen) atoms. The zero-order chi connectivity index (χ0) is 13.2. The van der Waals surface area contributed by atoms with Crippen LogP contribution < -0.4 is 5.32 Å². The first-order chi connectivity index (χ1) is 9.28. The van der Waals surface area contributed by atoms with Crippen molar-refractivity contribution in [1.82, 2.24) is 0 Å². The molecule has 0 spiro atoms. The van der Waals surface area contributed by atoms with Crippen molar-refractivity contribution in [2.75, 3.05) is 11.2 Å². The van der Waals surface area contributed by atoms with Crippen LogP contribution in [0.15, 0.2) is 42.5 Å². The first kappa shape index (κ1) is 12.2. The summed E-state index contributed by atoms with van der Waals surface area (Å²) in [6, 6.07) is 14.5. The molecule has 0 aliphatic heterocycles. The van der Waals surface area contributed by atoms with Crippen molar-refractivity contribution in [2.24, 2.45) is 0 Å². The van der Waals surface area contributed by atoms with Gasteiger partial charge in [0.25, 0.3) is 0 Å². The molecule has 3 rings (SSSR count). The highest BCUT2D eigenvalue weighted by atomic mass is 35.5. The Morgan fingerprint density at radius 2 is 1.68 bits per heavy atom. The van der Waals surface area contributed by atoms with Crippen molar-refractivity contribution in [3.05, 3.63) is 64.7 Å². The lowest BCUT2D eigenvalue weighted by Gasteiger charge is -2.22. The Balaban J connectivity index is 1.99. The minimum absolute atomic E-state index is 0.0136. The Morgan fingerprint density at radius 3 is 2.42 bits per heavy atom. The molecule has 0 saturated heterocycles. The summed E-state index contributed by atoms with van der Waals surface area (Å²) in [5, 5.41) is 2.88. The van der Waals surface area contributed by atoms with Crippen LogP contribution in [0.1, 0.15) is 22.3 Å². The van der Waals surface area contributed by atoms with Gasteiger partial charge in [0.15, 0.2) is 0 Å². The number of hydrogen-bond acceptors (Lipinski definition) is 1. The predicted octanol–water partition coefficient (Wildman–Crippen LogP) is 3.36. The number of amides is 1. The van der Waals surface area contributed by atoms with Gasteiger partial charge in [-0.15, -0.1) is 11.6 Å². The van der Waals surface area contributed by atoms with Crippen molar-refractivity contribution in [1.29, 1.82) is 0 Å². The lowest BCUT2D eigenvalue weighted by Crippen LogP contribution is -2.16. The van der Waals surface area contributed by atoms with Crippen molar-refractivity contribution >= 4 is 23.2 Å². The van der Waals surface area contributed by atoms with Gasteiger partial charge in [-0.25, -0.2) is 0 Å². The van der Waals surface area contributed by atoms with Crippen molar-refractivity contribution in [3.8, 4) is 0 Å². The monoisotopic (exact) mass is 271 g/mol. The highest BCUT2D eigenvalue weighted by Gasteiger charge is 2.18. The Morgan fingerprint density at radius 1 is 1.00 bits per heavy atom. The fourth-order valence-electron chi connectivity index (χ4n) is 2.61. The number of hydrogen-bond donors (Lipinski definition) is 1. The normalized spacial score (nSPS) is 12.5. The quantitative estimate of drug-likeness (QED) is 0.712. The van der Waals surface area contributed by atoms with E-state index < -0.39 is 0 Å². The molecule has 1 N–H and O–H groups in total. The largest absolute Gasteiger partial charge is 0.325 e. The number of halogens is 1. The van der Waals surface area contributed by atoms with E-state index in [0.717, 1.165) is 18.5 Å². The number of carbonyl (C=O) groups excluding carboxylic acids is 1. The molecule has 3 heteroatoms. The average Bonchev–Trinajstić information content (AvgIpc) is 2.45. The van der Waals surface area contributed by atoms with Crippen molar-refractivity contribution < 1.29 is 4.79 Å². The van der Waals surface area contributed by atoms with Crippen LogP contribution in [-0.2, 0) is 17.6 Å². The molecule has 1 aliphatic rings. The summed E-state index contributed by atoms with van der Waals surface area (Å²) >= 11 is 5.55. The minimum atomic E-state index is -0.158. The Hall–Kier alpha value is -1.80. The Labute approximate surface area is 117 Å². The molecule has 0 atom stereocenters. The molecule has 0 aromatic heterocycles. The molecule has 0 saturated carbocycles. The molecule has 1 aliphatic carbocycles. The van der Waals surface area contributed by atoms with Gasteiger partial charge in [-0.05, 0) is 34.7 Å². The predicted molar refractivity (Wildman–Crippen MR) is 77.8 cm³/mol. The maximum atomic E-state index is 11.5. The smallest absolute Gasteiger partial charge is 0.239 e. The summed E-state index contributed by atoms with van der Waals surface area (Å²) in [5.74, 6) is -0.172. The summed E-state index contributed by atoms with van der Waals surface area (Å²) in [4.78, 5) is 11.5. The molecule has 0 heterocycles. The second-order valence-electron chi connectivity index (χ2n) is 4.75. The molecular weight excluding hydrogens is 258 g/mol. The number of carbonyl (C=O) groups is 1. The highest BCUT2D eigenvalue weighted by molar-refractivity contribution is 6.29. The van der Waals surface area contributed by atoms with E-state index in [2.05, 4.69) is 35.6 Å². The first-order valence-electron chi connectivity index (χ1n) is 6.31. The molecular formula is C16H14ClNO. The van der Waals surface area contributed by atoms with Crippen LogP contribution in [0.2, 0.25) is 0 Å². The van der Waals surface area contributed by atoms with Gasteiger partial charge in [0.2, 0.25) is 5.91 Å². The van der Waals surface area contributed by atoms with E-state index in [1.807, 2.05) is 12.1 Å². The molecule has 2 nitrogen and oxygen atoms in total. The average molecular weight is 272 g/mol. The van der Waals surface area contributed by atoms with Gasteiger partial charge in [0.05, 0.1) is 0 Å². The Kier molecular flexibility index (Phi) is 3.26. The van der Waals surface area contributed by atoms with Crippen LogP contribution in [-0.4, -0.2) is 11.8 Å². The van der Waals surface area contributed by atoms with Crippen LogP contribution in [0.5, 0.6) is 0 Å². The topological polar surface area (TPSA) is 29.1 Å². The van der Waals surface area contributed by atoms with Gasteiger partial charge >= 0.3 is 0 Å². The highest BCUT2D eigenvalue weighted by Crippen LogP contribution is 2.31. The third-order valence-corrected chi connectivity index (χ3v) is 3.78. The third-order valence-electron chi connectivity index (χ3n) is 3.54. The summed E-state index contributed by atoms with van der Waals surface area (Å²) in [6.07, 6.45) is 1.79. The molecule has 0 unspecified atom stereocenters. The first-order valence-corrected chi connectivity index (χ1v) is 6.85. The summed E-state index contributed by atoms with van der Waals surface area (Å²) < 4.78 is 0. The molecule has 0 fully saturated rings. The lowest BCUT2D eigenvalue weighted by molar-refractivity contribution is -0.113. The standard InChI is InChI=1S/C16H14ClNO/c17-10-16(19)18-15-7-3-6-13-8-11-4-1-2-5-12(11)9-14(13)15/h1-7H,8-10H2,(H,18,19). The van der Waals surface area contributed by atoms with E-state index in [-0.39, 0.29) is 11.8 Å². The van der Waals surface area contributed by atoms with Crippen LogP contribution in [0, 0.1) is 0 Å². The van der Waals surface area contributed by atoms with E-state index in [1.54, 1.807) is 0 Å². The van der Waals surface area contributed by atoms with E-state index in [9.17, 15) is 4.79 Å². The SMILES string of the molecule is O=C(CCl)Nc1cccc2c1Cc1ccccc1C2. The number of anilines is 1. The fourth-order valence-corrected chi connectivity index (χ4v) is 2.67. The summed E-state index contributed by atoms with van der Waals surface area (Å²) in [5.41, 5.74) is 6.08. The fraction of sp³-hybridized carbons (Fsp3) is 0.188. The van der Waals surface area contributed by atoms with Crippen LogP contribution >= 0.6 is 11.6 Å². The van der Waals surface area contributed by atoms with E-state index >= 15 is 0 Å². The zero-order valence-corrected chi connectivity index (χ0v) is 11.2. The van der Waals surface area contributed by atoms with Gasteiger partial charge < -0.3 is 5.32 Å². The lowest BCUT2D eigenvalue weighted by atomic mass is 9.85. The molecule has 2 aromatic rings. The molecule has 0 bridgehead atoms. The van der Waals surface area contributed by atoms with Crippen molar-refractivity contribution in [2.45, 2.75) is 12.8 Å². The number of rotatable bonds is 2. The van der Waals surface area contributed by atoms with E-state index in [4.69, 9.17) is 11.6 Å². The maximum absolute atomic E-state index is 11.5. The number of fused-ring (bicyclic) bond motifs is 2. The van der Waals surface area contributed by atoms with Gasteiger partial charge in [0.1, 0.15) is 5.88 Å². The van der Waals surface area contributed by atoms with Crippen LogP contribution in [0.25, 0.3) is 0 Å². The van der Waals surface area contributed by atoms with E-state index in [0.29, 0.717) is 0 Å². The summed E-state index contributed by atoms with van der Waals surface area (Å²) in [7, 11) is 0. The number of nitrogens with one attached hydrogen (secondary N) is 1. The van der Waals surface area contributed by atoms with Crippen LogP contribution in [0.3, 0.4) is 0 Å². The molecule has 1 amide bonds. The van der Waals surface area contributed by atoms with Gasteiger partial charge in [-0.1, -0.05) is 36.4 Å². The number of benzene rings is 2. The molecule has 96 valence electrons. The minimum Gasteiger partial charge on any atom is -0.325 e. The maximum Gasteiger partial charge on any atom is 0.239 e. The van der Waals surface area contributed by atoms with Crippen LogP contribution in [0.4, 0.5) is 5.69 Å². The van der Waals surface area contributed by atoms with Gasteiger partial charge in [-0.2, -0.15) is 0 Å². The second kappa shape index (κ2) is 5.06. The van der Waals surface area contributed by atoms with Gasteiger partial charge in [0, 0.05) is 12.1 Å². The third kappa shape index (κ3) is 2.36. The zero-order valence-electron chi connectivity index (χ0n) is 10.4.